The lowest BCUT2D eigenvalue weighted by atomic mass is 10.1. The van der Waals surface area contributed by atoms with Gasteiger partial charge in [0.1, 0.15) is 0 Å². The maximum Gasteiger partial charge on any atom is 0.0936 e. The highest BCUT2D eigenvalue weighted by Crippen LogP contribution is 2.25. The molecule has 4 heteroatoms. The highest BCUT2D eigenvalue weighted by molar-refractivity contribution is 9.10. The van der Waals surface area contributed by atoms with Crippen LogP contribution >= 0.6 is 27.5 Å². The van der Waals surface area contributed by atoms with Crippen LogP contribution in [0.15, 0.2) is 53.0 Å². The van der Waals surface area contributed by atoms with Crippen LogP contribution in [0.5, 0.6) is 0 Å². The Morgan fingerprint density at radius 3 is 2.86 bits per heavy atom. The molecule has 0 radical (unpaired) electrons. The Labute approximate surface area is 137 Å². The van der Waals surface area contributed by atoms with Crippen molar-refractivity contribution in [3.8, 4) is 0 Å². The fourth-order valence-electron chi connectivity index (χ4n) is 2.26. The highest BCUT2D eigenvalue weighted by Gasteiger charge is 2.05. The zero-order valence-electron chi connectivity index (χ0n) is 11.5. The van der Waals surface area contributed by atoms with E-state index >= 15 is 0 Å². The largest absolute Gasteiger partial charge is 0.379 e. The van der Waals surface area contributed by atoms with E-state index in [0.29, 0.717) is 6.54 Å². The van der Waals surface area contributed by atoms with Crippen molar-refractivity contribution in [2.75, 3.05) is 5.32 Å². The molecule has 0 aliphatic heterocycles. The van der Waals surface area contributed by atoms with Gasteiger partial charge in [-0.05, 0) is 42.8 Å². The second-order valence-electron chi connectivity index (χ2n) is 4.92. The van der Waals surface area contributed by atoms with E-state index < -0.39 is 0 Å². The summed E-state index contributed by atoms with van der Waals surface area (Å²) in [5.41, 5.74) is 4.07. The molecule has 0 fully saturated rings. The van der Waals surface area contributed by atoms with Crippen molar-refractivity contribution >= 4 is 44.1 Å². The van der Waals surface area contributed by atoms with Crippen molar-refractivity contribution in [3.05, 3.63) is 69.3 Å². The SMILES string of the molecule is Cc1ccc2cccc(NCc3cc(Br)ccc3Cl)c2n1. The number of aromatic nitrogens is 1. The third kappa shape index (κ3) is 3.20. The monoisotopic (exact) mass is 360 g/mol. The average Bonchev–Trinajstić information content (AvgIpc) is 2.48. The summed E-state index contributed by atoms with van der Waals surface area (Å²) in [6.07, 6.45) is 0. The predicted molar refractivity (Wildman–Crippen MR) is 93.0 cm³/mol. The molecule has 1 heterocycles. The van der Waals surface area contributed by atoms with Gasteiger partial charge >= 0.3 is 0 Å². The van der Waals surface area contributed by atoms with Crippen molar-refractivity contribution < 1.29 is 0 Å². The molecule has 0 saturated heterocycles. The van der Waals surface area contributed by atoms with E-state index in [1.807, 2.05) is 43.3 Å². The fourth-order valence-corrected chi connectivity index (χ4v) is 2.85. The smallest absolute Gasteiger partial charge is 0.0936 e. The van der Waals surface area contributed by atoms with Gasteiger partial charge in [0.25, 0.3) is 0 Å². The molecule has 0 spiro atoms. The minimum atomic E-state index is 0.660. The first kappa shape index (κ1) is 14.4. The highest BCUT2D eigenvalue weighted by atomic mass is 79.9. The number of hydrogen-bond acceptors (Lipinski definition) is 2. The number of anilines is 1. The molecule has 106 valence electrons. The van der Waals surface area contributed by atoms with Gasteiger partial charge in [-0.3, -0.25) is 4.98 Å². The van der Waals surface area contributed by atoms with Crippen LogP contribution in [0.4, 0.5) is 5.69 Å². The first-order valence-corrected chi connectivity index (χ1v) is 7.85. The average molecular weight is 362 g/mol. The number of pyridine rings is 1. The van der Waals surface area contributed by atoms with Gasteiger partial charge in [0.05, 0.1) is 11.2 Å². The van der Waals surface area contributed by atoms with Crippen molar-refractivity contribution in [2.45, 2.75) is 13.5 Å². The molecular formula is C17H14BrClN2. The first-order valence-electron chi connectivity index (χ1n) is 6.68. The van der Waals surface area contributed by atoms with Crippen LogP contribution in [0.2, 0.25) is 5.02 Å². The normalized spacial score (nSPS) is 10.8. The van der Waals surface area contributed by atoms with Gasteiger partial charge in [-0.2, -0.15) is 0 Å². The van der Waals surface area contributed by atoms with E-state index in [-0.39, 0.29) is 0 Å². The van der Waals surface area contributed by atoms with Crippen LogP contribution in [0, 0.1) is 6.92 Å². The Balaban J connectivity index is 1.91. The molecule has 0 unspecified atom stereocenters. The van der Waals surface area contributed by atoms with Gasteiger partial charge in [0.2, 0.25) is 0 Å². The molecule has 0 aliphatic rings. The summed E-state index contributed by atoms with van der Waals surface area (Å²) in [6, 6.07) is 16.1. The van der Waals surface area contributed by atoms with Crippen LogP contribution in [0.3, 0.4) is 0 Å². The van der Waals surface area contributed by atoms with Gasteiger partial charge in [-0.25, -0.2) is 0 Å². The summed E-state index contributed by atoms with van der Waals surface area (Å²) in [4.78, 5) is 4.62. The van der Waals surface area contributed by atoms with Crippen molar-refractivity contribution in [3.63, 3.8) is 0 Å². The van der Waals surface area contributed by atoms with Crippen LogP contribution in [-0.4, -0.2) is 4.98 Å². The Hall–Kier alpha value is -1.58. The maximum absolute atomic E-state index is 6.23. The number of nitrogens with one attached hydrogen (secondary N) is 1. The summed E-state index contributed by atoms with van der Waals surface area (Å²) in [7, 11) is 0. The molecule has 2 aromatic carbocycles. The summed E-state index contributed by atoms with van der Waals surface area (Å²) < 4.78 is 1.02. The quantitative estimate of drug-likeness (QED) is 0.659. The summed E-state index contributed by atoms with van der Waals surface area (Å²) >= 11 is 9.70. The molecule has 0 bridgehead atoms. The number of para-hydroxylation sites is 1. The number of fused-ring (bicyclic) bond motifs is 1. The second kappa shape index (κ2) is 6.04. The van der Waals surface area contributed by atoms with Crippen molar-refractivity contribution in [1.29, 1.82) is 0 Å². The van der Waals surface area contributed by atoms with Crippen LogP contribution in [-0.2, 0) is 6.54 Å². The van der Waals surface area contributed by atoms with E-state index in [1.54, 1.807) is 0 Å². The predicted octanol–water partition coefficient (Wildman–Crippen LogP) is 5.57. The first-order chi connectivity index (χ1) is 10.1. The standard InChI is InChI=1S/C17H14BrClN2/c1-11-5-6-12-3-2-4-16(17(12)21-11)20-10-13-9-14(18)7-8-15(13)19/h2-9,20H,10H2,1H3. The number of aryl methyl sites for hydroxylation is 1. The zero-order chi connectivity index (χ0) is 14.8. The minimum Gasteiger partial charge on any atom is -0.379 e. The Morgan fingerprint density at radius 1 is 1.14 bits per heavy atom. The number of nitrogens with zero attached hydrogens (tertiary/aromatic N) is 1. The van der Waals surface area contributed by atoms with Crippen LogP contribution < -0.4 is 5.32 Å². The van der Waals surface area contributed by atoms with E-state index in [1.165, 1.54) is 0 Å². The number of hydrogen-bond donors (Lipinski definition) is 1. The zero-order valence-corrected chi connectivity index (χ0v) is 13.9. The Bertz CT molecular complexity index is 802. The summed E-state index contributed by atoms with van der Waals surface area (Å²) in [6.45, 7) is 2.66. The van der Waals surface area contributed by atoms with Crippen LogP contribution in [0.25, 0.3) is 10.9 Å². The molecule has 1 N–H and O–H groups in total. The molecule has 0 atom stereocenters. The van der Waals surface area contributed by atoms with E-state index in [9.17, 15) is 0 Å². The van der Waals surface area contributed by atoms with E-state index in [4.69, 9.17) is 11.6 Å². The third-order valence-electron chi connectivity index (χ3n) is 3.34. The fraction of sp³-hybridized carbons (Fsp3) is 0.118. The third-order valence-corrected chi connectivity index (χ3v) is 4.20. The molecule has 3 aromatic rings. The topological polar surface area (TPSA) is 24.9 Å². The lowest BCUT2D eigenvalue weighted by Gasteiger charge is -2.11. The molecule has 0 aliphatic carbocycles. The number of benzene rings is 2. The van der Waals surface area contributed by atoms with Gasteiger partial charge in [-0.1, -0.05) is 45.7 Å². The Morgan fingerprint density at radius 2 is 2.00 bits per heavy atom. The van der Waals surface area contributed by atoms with Gasteiger partial charge in [0, 0.05) is 27.1 Å². The van der Waals surface area contributed by atoms with Gasteiger partial charge in [-0.15, -0.1) is 0 Å². The lowest BCUT2D eigenvalue weighted by Crippen LogP contribution is -2.01. The minimum absolute atomic E-state index is 0.660. The molecule has 3 rings (SSSR count). The van der Waals surface area contributed by atoms with Gasteiger partial charge in [0.15, 0.2) is 0 Å². The van der Waals surface area contributed by atoms with E-state index in [0.717, 1.165) is 37.3 Å². The maximum atomic E-state index is 6.23. The Kier molecular flexibility index (Phi) is 4.13. The molecule has 1 aromatic heterocycles. The lowest BCUT2D eigenvalue weighted by molar-refractivity contribution is 1.14. The van der Waals surface area contributed by atoms with E-state index in [2.05, 4.69) is 38.4 Å². The molecular weight excluding hydrogens is 348 g/mol. The van der Waals surface area contributed by atoms with Gasteiger partial charge < -0.3 is 5.32 Å². The summed E-state index contributed by atoms with van der Waals surface area (Å²) in [5.74, 6) is 0. The van der Waals surface area contributed by atoms with Crippen LogP contribution in [0.1, 0.15) is 11.3 Å². The van der Waals surface area contributed by atoms with Crippen molar-refractivity contribution in [2.24, 2.45) is 0 Å². The number of halogens is 2. The molecule has 0 saturated carbocycles. The molecule has 2 nitrogen and oxygen atoms in total. The summed E-state index contributed by atoms with van der Waals surface area (Å²) in [5, 5.41) is 5.32. The number of rotatable bonds is 3. The molecule has 0 amide bonds. The van der Waals surface area contributed by atoms with Crippen molar-refractivity contribution in [1.82, 2.24) is 4.98 Å². The molecule has 21 heavy (non-hydrogen) atoms. The second-order valence-corrected chi connectivity index (χ2v) is 6.24.